The van der Waals surface area contributed by atoms with Gasteiger partial charge in [0.1, 0.15) is 6.61 Å². The van der Waals surface area contributed by atoms with Crippen LogP contribution in [0.1, 0.15) is 31.1 Å². The molecular weight excluding hydrogens is 489 g/mol. The summed E-state index contributed by atoms with van der Waals surface area (Å²) in [6.45, 7) is 5.18. The van der Waals surface area contributed by atoms with E-state index in [2.05, 4.69) is 5.32 Å². The summed E-state index contributed by atoms with van der Waals surface area (Å²) in [7, 11) is -3.40. The fourth-order valence-electron chi connectivity index (χ4n) is 4.78. The van der Waals surface area contributed by atoms with Crippen LogP contribution >= 0.6 is 7.14 Å². The van der Waals surface area contributed by atoms with Crippen LogP contribution in [0.3, 0.4) is 0 Å². The maximum atomic E-state index is 14.9. The lowest BCUT2D eigenvalue weighted by Crippen LogP contribution is -2.58. The Morgan fingerprint density at radius 2 is 1.43 bits per heavy atom. The van der Waals surface area contributed by atoms with Gasteiger partial charge in [0.05, 0.1) is 17.7 Å². The van der Waals surface area contributed by atoms with E-state index in [1.807, 2.05) is 74.5 Å². The maximum absolute atomic E-state index is 14.9. The van der Waals surface area contributed by atoms with Gasteiger partial charge < -0.3 is 24.5 Å². The Bertz CT molecular complexity index is 1240. The van der Waals surface area contributed by atoms with Crippen molar-refractivity contribution < 1.29 is 28.7 Å². The third-order valence-electron chi connectivity index (χ3n) is 7.08. The van der Waals surface area contributed by atoms with Crippen molar-refractivity contribution in [2.45, 2.75) is 39.2 Å². The summed E-state index contributed by atoms with van der Waals surface area (Å²) < 4.78 is 25.7. The predicted octanol–water partition coefficient (Wildman–Crippen LogP) is 2.98. The number of aliphatic hydroxyl groups excluding tert-OH is 1. The summed E-state index contributed by atoms with van der Waals surface area (Å²) in [6, 6.07) is 24.5. The normalized spacial score (nSPS) is 23.7. The Balaban J connectivity index is 1.67. The molecule has 3 unspecified atom stereocenters. The summed E-state index contributed by atoms with van der Waals surface area (Å²) in [5.74, 6) is -1.17. The van der Waals surface area contributed by atoms with E-state index in [-0.39, 0.29) is 24.0 Å². The first-order valence-electron chi connectivity index (χ1n) is 12.3. The fraction of sp³-hybridized carbons (Fsp3) is 0.310. The SMILES string of the molecule is CC(=O)OCC1OC(O)C(NC(=O)c2ccccc2P(=O)(c2ccccc2)c2ccccc2)[C@@H](C)[C@@H]1C. The van der Waals surface area contributed by atoms with Gasteiger partial charge in [-0.1, -0.05) is 92.7 Å². The zero-order chi connectivity index (χ0) is 26.6. The van der Waals surface area contributed by atoms with Crippen LogP contribution in [0.15, 0.2) is 84.9 Å². The molecule has 4 rings (SSSR count). The Labute approximate surface area is 217 Å². The molecule has 1 heterocycles. The maximum Gasteiger partial charge on any atom is 0.302 e. The molecule has 1 amide bonds. The molecule has 194 valence electrons. The van der Waals surface area contributed by atoms with E-state index in [9.17, 15) is 19.3 Å². The summed E-state index contributed by atoms with van der Waals surface area (Å²) in [5, 5.41) is 15.3. The summed E-state index contributed by atoms with van der Waals surface area (Å²) in [5.41, 5.74) is 0.271. The monoisotopic (exact) mass is 521 g/mol. The summed E-state index contributed by atoms with van der Waals surface area (Å²) in [6.07, 6.45) is -1.79. The zero-order valence-corrected chi connectivity index (χ0v) is 22.0. The van der Waals surface area contributed by atoms with Gasteiger partial charge in [0.15, 0.2) is 13.4 Å². The molecule has 5 atom stereocenters. The van der Waals surface area contributed by atoms with Gasteiger partial charge in [-0.15, -0.1) is 0 Å². The molecule has 0 saturated carbocycles. The lowest BCUT2D eigenvalue weighted by atomic mass is 9.82. The second kappa shape index (κ2) is 11.4. The number of nitrogens with one attached hydrogen (secondary N) is 1. The topological polar surface area (TPSA) is 102 Å². The summed E-state index contributed by atoms with van der Waals surface area (Å²) in [4.78, 5) is 24.9. The first-order valence-corrected chi connectivity index (χ1v) is 14.0. The molecule has 0 aromatic heterocycles. The number of esters is 1. The highest BCUT2D eigenvalue weighted by Crippen LogP contribution is 2.43. The van der Waals surface area contributed by atoms with Crippen molar-refractivity contribution in [2.24, 2.45) is 11.8 Å². The summed E-state index contributed by atoms with van der Waals surface area (Å²) >= 11 is 0. The molecule has 37 heavy (non-hydrogen) atoms. The Hall–Kier alpha value is -3.25. The molecule has 2 N–H and O–H groups in total. The van der Waals surface area contributed by atoms with Crippen LogP contribution in [-0.2, 0) is 18.8 Å². The van der Waals surface area contributed by atoms with Gasteiger partial charge in [-0.3, -0.25) is 9.59 Å². The molecule has 0 bridgehead atoms. The molecule has 1 saturated heterocycles. The van der Waals surface area contributed by atoms with Crippen molar-refractivity contribution in [3.8, 4) is 0 Å². The largest absolute Gasteiger partial charge is 0.463 e. The minimum Gasteiger partial charge on any atom is -0.463 e. The predicted molar refractivity (Wildman–Crippen MR) is 143 cm³/mol. The minimum absolute atomic E-state index is 0.0265. The number of carbonyl (C=O) groups excluding carboxylic acids is 2. The highest BCUT2D eigenvalue weighted by Gasteiger charge is 2.42. The Morgan fingerprint density at radius 3 is 2.00 bits per heavy atom. The standard InChI is InChI=1S/C29H32NO6P/c1-19-20(2)27(29(33)36-25(19)18-35-21(3)31)30-28(32)24-16-10-11-17-26(24)37(34,22-12-6-4-7-13-22)23-14-8-5-9-15-23/h4-17,19-20,25,27,29,33H,18H2,1-3H3,(H,30,32)/t19-,20-,25?,27?,29?/m0/s1. The highest BCUT2D eigenvalue weighted by molar-refractivity contribution is 7.85. The van der Waals surface area contributed by atoms with Gasteiger partial charge in [0, 0.05) is 22.8 Å². The van der Waals surface area contributed by atoms with Gasteiger partial charge in [-0.05, 0) is 17.9 Å². The van der Waals surface area contributed by atoms with Gasteiger partial charge in [0.25, 0.3) is 5.91 Å². The second-order valence-electron chi connectivity index (χ2n) is 9.38. The lowest BCUT2D eigenvalue weighted by Gasteiger charge is -2.42. The first-order chi connectivity index (χ1) is 17.7. The van der Waals surface area contributed by atoms with Crippen LogP contribution in [0, 0.1) is 11.8 Å². The van der Waals surface area contributed by atoms with E-state index < -0.39 is 37.5 Å². The molecule has 1 aliphatic heterocycles. The Kier molecular flexibility index (Phi) is 8.28. The van der Waals surface area contributed by atoms with Crippen molar-refractivity contribution in [1.29, 1.82) is 0 Å². The zero-order valence-electron chi connectivity index (χ0n) is 21.1. The van der Waals surface area contributed by atoms with Crippen LogP contribution in [0.2, 0.25) is 0 Å². The average Bonchev–Trinajstić information content (AvgIpc) is 2.92. The van der Waals surface area contributed by atoms with E-state index in [0.717, 1.165) is 0 Å². The third kappa shape index (κ3) is 5.54. The molecule has 0 aliphatic carbocycles. The van der Waals surface area contributed by atoms with Gasteiger partial charge in [0.2, 0.25) is 0 Å². The van der Waals surface area contributed by atoms with Crippen molar-refractivity contribution in [3.63, 3.8) is 0 Å². The van der Waals surface area contributed by atoms with Gasteiger partial charge >= 0.3 is 5.97 Å². The number of carbonyl (C=O) groups is 2. The molecule has 7 nitrogen and oxygen atoms in total. The fourth-order valence-corrected chi connectivity index (χ4v) is 7.63. The molecule has 1 fully saturated rings. The van der Waals surface area contributed by atoms with Crippen molar-refractivity contribution in [2.75, 3.05) is 6.61 Å². The first kappa shape index (κ1) is 26.8. The number of hydrogen-bond donors (Lipinski definition) is 2. The van der Waals surface area contributed by atoms with Crippen LogP contribution < -0.4 is 21.2 Å². The quantitative estimate of drug-likeness (QED) is 0.366. The number of rotatable bonds is 7. The molecular formula is C29H32NO6P. The minimum atomic E-state index is -3.40. The van der Waals surface area contributed by atoms with Crippen molar-refractivity contribution in [1.82, 2.24) is 5.32 Å². The molecule has 3 aromatic rings. The number of benzene rings is 3. The molecule has 0 radical (unpaired) electrons. The molecule has 1 aliphatic rings. The lowest BCUT2D eigenvalue weighted by molar-refractivity contribution is -0.222. The van der Waals surface area contributed by atoms with Crippen LogP contribution in [0.25, 0.3) is 0 Å². The average molecular weight is 522 g/mol. The van der Waals surface area contributed by atoms with E-state index in [1.165, 1.54) is 6.92 Å². The van der Waals surface area contributed by atoms with Gasteiger partial charge in [-0.2, -0.15) is 0 Å². The highest BCUT2D eigenvalue weighted by atomic mass is 31.2. The van der Waals surface area contributed by atoms with Crippen LogP contribution in [-0.4, -0.2) is 42.0 Å². The van der Waals surface area contributed by atoms with E-state index in [4.69, 9.17) is 9.47 Å². The molecule has 8 heteroatoms. The van der Waals surface area contributed by atoms with Gasteiger partial charge in [-0.25, -0.2) is 0 Å². The number of amides is 1. The third-order valence-corrected chi connectivity index (χ3v) is 10.2. The molecule has 3 aromatic carbocycles. The van der Waals surface area contributed by atoms with Crippen LogP contribution in [0.4, 0.5) is 0 Å². The molecule has 0 spiro atoms. The van der Waals surface area contributed by atoms with E-state index >= 15 is 0 Å². The second-order valence-corrected chi connectivity index (χ2v) is 12.1. The van der Waals surface area contributed by atoms with E-state index in [0.29, 0.717) is 15.9 Å². The number of aliphatic hydroxyl groups is 1. The number of ether oxygens (including phenoxy) is 2. The van der Waals surface area contributed by atoms with E-state index in [1.54, 1.807) is 24.3 Å². The Morgan fingerprint density at radius 1 is 0.892 bits per heavy atom. The van der Waals surface area contributed by atoms with Crippen LogP contribution in [0.5, 0.6) is 0 Å². The smallest absolute Gasteiger partial charge is 0.302 e. The van der Waals surface area contributed by atoms with Crippen molar-refractivity contribution >= 4 is 34.9 Å². The number of hydrogen-bond acceptors (Lipinski definition) is 6. The van der Waals surface area contributed by atoms with Crippen molar-refractivity contribution in [3.05, 3.63) is 90.5 Å².